The van der Waals surface area contributed by atoms with Crippen molar-refractivity contribution in [3.05, 3.63) is 22.4 Å². The minimum absolute atomic E-state index is 0.204. The number of likely N-dealkylation sites (tertiary alicyclic amines) is 1. The van der Waals surface area contributed by atoms with Gasteiger partial charge in [0.2, 0.25) is 0 Å². The van der Waals surface area contributed by atoms with Gasteiger partial charge in [-0.1, -0.05) is 0 Å². The van der Waals surface area contributed by atoms with E-state index >= 15 is 0 Å². The second-order valence-electron chi connectivity index (χ2n) is 5.10. The lowest BCUT2D eigenvalue weighted by molar-refractivity contribution is 0.0674. The Bertz CT molecular complexity index is 544. The molecule has 3 heterocycles. The summed E-state index contributed by atoms with van der Waals surface area (Å²) in [6, 6.07) is 4.13. The maximum atomic E-state index is 12.5. The lowest BCUT2D eigenvalue weighted by Gasteiger charge is -2.32. The predicted octanol–water partition coefficient (Wildman–Crippen LogP) is 3.16. The minimum Gasteiger partial charge on any atom is -0.338 e. The minimum atomic E-state index is 0.204. The number of amides is 1. The number of nitrogens with two attached hydrogens (primary N) is 1. The van der Waals surface area contributed by atoms with E-state index in [0.29, 0.717) is 5.92 Å². The van der Waals surface area contributed by atoms with Crippen LogP contribution in [-0.4, -0.2) is 30.4 Å². The van der Waals surface area contributed by atoms with Crippen LogP contribution in [0.15, 0.2) is 17.5 Å². The van der Waals surface area contributed by atoms with E-state index in [0.717, 1.165) is 37.4 Å². The van der Waals surface area contributed by atoms with E-state index in [2.05, 4.69) is 11.4 Å². The van der Waals surface area contributed by atoms with Gasteiger partial charge in [0.05, 0.1) is 4.88 Å². The van der Waals surface area contributed by atoms with Gasteiger partial charge in [0.15, 0.2) is 0 Å². The van der Waals surface area contributed by atoms with Gasteiger partial charge in [0.25, 0.3) is 5.91 Å². The van der Waals surface area contributed by atoms with Crippen LogP contribution in [0.5, 0.6) is 0 Å². The molecule has 102 valence electrons. The van der Waals surface area contributed by atoms with Gasteiger partial charge in [-0.25, -0.2) is 0 Å². The Hall–Kier alpha value is -0.910. The Labute approximate surface area is 121 Å². The van der Waals surface area contributed by atoms with Crippen molar-refractivity contribution in [1.29, 1.82) is 0 Å². The molecule has 5 heteroatoms. The Balaban J connectivity index is 1.74. The molecule has 19 heavy (non-hydrogen) atoms. The number of carbonyl (C=O) groups excluding carboxylic acids is 1. The fourth-order valence-electron chi connectivity index (χ4n) is 2.75. The van der Waals surface area contributed by atoms with Crippen molar-refractivity contribution in [2.45, 2.75) is 19.3 Å². The summed E-state index contributed by atoms with van der Waals surface area (Å²) in [5, 5.41) is 2.08. The second-order valence-corrected chi connectivity index (χ2v) is 7.13. The molecule has 0 aromatic carbocycles. The standard InChI is InChI=1S/C14H18N2OS2/c15-5-3-10-2-1-6-16(9-10)14(17)13-8-12-11(19-13)4-7-18-12/h4,7-8,10H,1-3,5-6,9,15H2. The maximum absolute atomic E-state index is 12.5. The van der Waals surface area contributed by atoms with Gasteiger partial charge in [-0.3, -0.25) is 4.79 Å². The number of hydrogen-bond donors (Lipinski definition) is 1. The number of thiophene rings is 2. The van der Waals surface area contributed by atoms with Gasteiger partial charge in [-0.05, 0) is 49.2 Å². The van der Waals surface area contributed by atoms with Crippen molar-refractivity contribution >= 4 is 38.0 Å². The zero-order valence-corrected chi connectivity index (χ0v) is 12.4. The SMILES string of the molecule is NCCC1CCCN(C(=O)c2cc3sccc3s2)C1. The molecule has 1 unspecified atom stereocenters. The first-order chi connectivity index (χ1) is 9.28. The molecule has 3 rings (SSSR count). The summed E-state index contributed by atoms with van der Waals surface area (Å²) in [6.45, 7) is 2.49. The molecule has 1 saturated heterocycles. The molecule has 2 aromatic heterocycles. The topological polar surface area (TPSA) is 46.3 Å². The predicted molar refractivity (Wildman–Crippen MR) is 82.0 cm³/mol. The number of rotatable bonds is 3. The van der Waals surface area contributed by atoms with Crippen molar-refractivity contribution in [3.63, 3.8) is 0 Å². The zero-order chi connectivity index (χ0) is 13.2. The lowest BCUT2D eigenvalue weighted by Crippen LogP contribution is -2.40. The van der Waals surface area contributed by atoms with Crippen LogP contribution < -0.4 is 5.73 Å². The molecule has 1 aliphatic heterocycles. The molecule has 1 amide bonds. The summed E-state index contributed by atoms with van der Waals surface area (Å²) in [5.74, 6) is 0.791. The van der Waals surface area contributed by atoms with Gasteiger partial charge in [0.1, 0.15) is 0 Å². The summed E-state index contributed by atoms with van der Waals surface area (Å²) in [4.78, 5) is 15.4. The van der Waals surface area contributed by atoms with Crippen LogP contribution >= 0.6 is 22.7 Å². The summed E-state index contributed by atoms with van der Waals surface area (Å²) in [7, 11) is 0. The van der Waals surface area contributed by atoms with E-state index in [1.807, 2.05) is 11.0 Å². The smallest absolute Gasteiger partial charge is 0.264 e. The monoisotopic (exact) mass is 294 g/mol. The highest BCUT2D eigenvalue weighted by molar-refractivity contribution is 7.27. The highest BCUT2D eigenvalue weighted by atomic mass is 32.1. The second kappa shape index (κ2) is 5.61. The van der Waals surface area contributed by atoms with Gasteiger partial charge in [0, 0.05) is 22.5 Å². The Morgan fingerprint density at radius 2 is 2.37 bits per heavy atom. The number of piperidine rings is 1. The third kappa shape index (κ3) is 2.68. The molecule has 1 atom stereocenters. The van der Waals surface area contributed by atoms with Crippen LogP contribution in [-0.2, 0) is 0 Å². The van der Waals surface area contributed by atoms with E-state index in [-0.39, 0.29) is 5.91 Å². The van der Waals surface area contributed by atoms with Crippen molar-refractivity contribution < 1.29 is 4.79 Å². The summed E-state index contributed by atoms with van der Waals surface area (Å²) >= 11 is 3.32. The maximum Gasteiger partial charge on any atom is 0.264 e. The summed E-state index contributed by atoms with van der Waals surface area (Å²) in [6.07, 6.45) is 3.35. The number of nitrogens with zero attached hydrogens (tertiary/aromatic N) is 1. The van der Waals surface area contributed by atoms with E-state index in [1.54, 1.807) is 22.7 Å². The molecule has 2 aromatic rings. The molecule has 1 aliphatic rings. The van der Waals surface area contributed by atoms with Gasteiger partial charge >= 0.3 is 0 Å². The van der Waals surface area contributed by atoms with Gasteiger partial charge < -0.3 is 10.6 Å². The first-order valence-corrected chi connectivity index (χ1v) is 8.44. The third-order valence-electron chi connectivity index (χ3n) is 3.73. The Morgan fingerprint density at radius 3 is 3.16 bits per heavy atom. The van der Waals surface area contributed by atoms with E-state index in [4.69, 9.17) is 5.73 Å². The van der Waals surface area contributed by atoms with Gasteiger partial charge in [-0.15, -0.1) is 22.7 Å². The molecule has 1 fully saturated rings. The van der Waals surface area contributed by atoms with Crippen LogP contribution in [0, 0.1) is 5.92 Å². The number of fused-ring (bicyclic) bond motifs is 1. The molecule has 0 bridgehead atoms. The number of carbonyl (C=O) groups is 1. The largest absolute Gasteiger partial charge is 0.338 e. The number of hydrogen-bond acceptors (Lipinski definition) is 4. The van der Waals surface area contributed by atoms with Crippen molar-refractivity contribution in [1.82, 2.24) is 4.90 Å². The Kier molecular flexibility index (Phi) is 3.86. The highest BCUT2D eigenvalue weighted by Gasteiger charge is 2.25. The molecular formula is C14H18N2OS2. The van der Waals surface area contributed by atoms with Crippen LogP contribution in [0.3, 0.4) is 0 Å². The average molecular weight is 294 g/mol. The molecule has 0 spiro atoms. The average Bonchev–Trinajstić information content (AvgIpc) is 2.99. The van der Waals surface area contributed by atoms with Crippen molar-refractivity contribution in [3.8, 4) is 0 Å². The molecular weight excluding hydrogens is 276 g/mol. The highest BCUT2D eigenvalue weighted by Crippen LogP contribution is 2.31. The molecule has 0 aliphatic carbocycles. The molecule has 2 N–H and O–H groups in total. The quantitative estimate of drug-likeness (QED) is 0.945. The first-order valence-electron chi connectivity index (χ1n) is 6.74. The van der Waals surface area contributed by atoms with Crippen LogP contribution in [0.4, 0.5) is 0 Å². The molecule has 0 saturated carbocycles. The Morgan fingerprint density at radius 1 is 1.47 bits per heavy atom. The van der Waals surface area contributed by atoms with Crippen molar-refractivity contribution in [2.75, 3.05) is 19.6 Å². The van der Waals surface area contributed by atoms with Crippen LogP contribution in [0.2, 0.25) is 0 Å². The van der Waals surface area contributed by atoms with E-state index < -0.39 is 0 Å². The van der Waals surface area contributed by atoms with Crippen LogP contribution in [0.1, 0.15) is 28.9 Å². The van der Waals surface area contributed by atoms with E-state index in [1.165, 1.54) is 15.8 Å². The normalized spacial score (nSPS) is 20.1. The third-order valence-corrected chi connectivity index (χ3v) is 5.81. The zero-order valence-electron chi connectivity index (χ0n) is 10.8. The lowest BCUT2D eigenvalue weighted by atomic mass is 9.95. The van der Waals surface area contributed by atoms with E-state index in [9.17, 15) is 4.79 Å². The molecule has 3 nitrogen and oxygen atoms in total. The first kappa shape index (κ1) is 13.1. The fraction of sp³-hybridized carbons (Fsp3) is 0.500. The van der Waals surface area contributed by atoms with Crippen LogP contribution in [0.25, 0.3) is 9.40 Å². The summed E-state index contributed by atoms with van der Waals surface area (Å²) in [5.41, 5.74) is 5.63. The molecule has 0 radical (unpaired) electrons. The summed E-state index contributed by atoms with van der Waals surface area (Å²) < 4.78 is 2.45. The van der Waals surface area contributed by atoms with Gasteiger partial charge in [-0.2, -0.15) is 0 Å². The van der Waals surface area contributed by atoms with Crippen molar-refractivity contribution in [2.24, 2.45) is 11.7 Å². The fourth-order valence-corrected chi connectivity index (χ4v) is 4.82.